The minimum atomic E-state index is -0.964. The Morgan fingerprint density at radius 1 is 0.885 bits per heavy atom. The number of carboxylic acid groups (broad SMARTS) is 1. The molecule has 4 nitrogen and oxygen atoms in total. The van der Waals surface area contributed by atoms with Crippen LogP contribution in [0.1, 0.15) is 15.9 Å². The van der Waals surface area contributed by atoms with Gasteiger partial charge in [0.25, 0.3) is 0 Å². The fourth-order valence-electron chi connectivity index (χ4n) is 3.03. The lowest BCUT2D eigenvalue weighted by molar-refractivity contribution is 0.0697. The number of carbonyl (C=O) groups is 1. The number of rotatable bonds is 4. The molecule has 0 radical (unpaired) electrons. The normalized spacial score (nSPS) is 11.2. The lowest BCUT2D eigenvalue weighted by Crippen LogP contribution is -2.02. The maximum atomic E-state index is 11.4. The van der Waals surface area contributed by atoms with Gasteiger partial charge >= 0.3 is 5.97 Å². The quantitative estimate of drug-likeness (QED) is 0.538. The summed E-state index contributed by atoms with van der Waals surface area (Å²) in [5.41, 5.74) is 3.97. The zero-order valence-corrected chi connectivity index (χ0v) is 13.9. The van der Waals surface area contributed by atoms with E-state index in [9.17, 15) is 9.90 Å². The molecule has 0 bridgehead atoms. The third-order valence-corrected chi connectivity index (χ3v) is 4.29. The second kappa shape index (κ2) is 6.69. The van der Waals surface area contributed by atoms with E-state index in [1.807, 2.05) is 42.6 Å². The molecular formula is C22H16N2O2. The Bertz CT molecular complexity index is 1110. The molecule has 126 valence electrons. The van der Waals surface area contributed by atoms with Gasteiger partial charge < -0.3 is 5.11 Å². The number of para-hydroxylation sites is 1. The SMILES string of the molecule is O=C(O)c1ccccc1/C=N/n1cc(-c2ccccc2)c2ccccc21. The number of hydrogen-bond acceptors (Lipinski definition) is 2. The summed E-state index contributed by atoms with van der Waals surface area (Å²) in [6, 6.07) is 25.0. The van der Waals surface area contributed by atoms with Crippen molar-refractivity contribution < 1.29 is 9.90 Å². The number of fused-ring (bicyclic) bond motifs is 1. The van der Waals surface area contributed by atoms with Gasteiger partial charge in [0.15, 0.2) is 0 Å². The summed E-state index contributed by atoms with van der Waals surface area (Å²) >= 11 is 0. The largest absolute Gasteiger partial charge is 0.478 e. The second-order valence-corrected chi connectivity index (χ2v) is 5.91. The van der Waals surface area contributed by atoms with Crippen LogP contribution in [-0.2, 0) is 0 Å². The number of aromatic nitrogens is 1. The minimum Gasteiger partial charge on any atom is -0.478 e. The van der Waals surface area contributed by atoms with Gasteiger partial charge in [0.1, 0.15) is 0 Å². The van der Waals surface area contributed by atoms with Gasteiger partial charge in [-0.3, -0.25) is 0 Å². The monoisotopic (exact) mass is 340 g/mol. The third kappa shape index (κ3) is 2.89. The van der Waals surface area contributed by atoms with Crippen LogP contribution in [0, 0.1) is 0 Å². The van der Waals surface area contributed by atoms with Gasteiger partial charge in [-0.05, 0) is 17.7 Å². The summed E-state index contributed by atoms with van der Waals surface area (Å²) in [4.78, 5) is 11.4. The molecule has 0 unspecified atom stereocenters. The van der Waals surface area contributed by atoms with E-state index < -0.39 is 5.97 Å². The second-order valence-electron chi connectivity index (χ2n) is 5.91. The fraction of sp³-hybridized carbons (Fsp3) is 0. The van der Waals surface area contributed by atoms with Crippen LogP contribution in [0.3, 0.4) is 0 Å². The van der Waals surface area contributed by atoms with E-state index in [4.69, 9.17) is 0 Å². The number of nitrogens with zero attached hydrogens (tertiary/aromatic N) is 2. The lowest BCUT2D eigenvalue weighted by atomic mass is 10.1. The van der Waals surface area contributed by atoms with Crippen molar-refractivity contribution in [2.45, 2.75) is 0 Å². The van der Waals surface area contributed by atoms with Crippen LogP contribution in [0.5, 0.6) is 0 Å². The molecule has 0 saturated heterocycles. The van der Waals surface area contributed by atoms with Crippen molar-refractivity contribution in [3.8, 4) is 11.1 Å². The molecule has 3 aromatic carbocycles. The number of benzene rings is 3. The molecule has 1 N–H and O–H groups in total. The highest BCUT2D eigenvalue weighted by atomic mass is 16.4. The van der Waals surface area contributed by atoms with E-state index >= 15 is 0 Å². The van der Waals surface area contributed by atoms with Crippen LogP contribution < -0.4 is 0 Å². The first-order valence-electron chi connectivity index (χ1n) is 8.26. The summed E-state index contributed by atoms with van der Waals surface area (Å²) in [5.74, 6) is -0.964. The van der Waals surface area contributed by atoms with Crippen LogP contribution >= 0.6 is 0 Å². The highest BCUT2D eigenvalue weighted by Crippen LogP contribution is 2.30. The molecule has 4 heteroatoms. The topological polar surface area (TPSA) is 54.6 Å². The maximum Gasteiger partial charge on any atom is 0.336 e. The Balaban J connectivity index is 1.82. The van der Waals surface area contributed by atoms with E-state index in [-0.39, 0.29) is 5.56 Å². The molecule has 0 amide bonds. The Labute approximate surface area is 150 Å². The molecule has 4 aromatic rings. The van der Waals surface area contributed by atoms with Gasteiger partial charge in [-0.25, -0.2) is 9.47 Å². The fourth-order valence-corrected chi connectivity index (χ4v) is 3.03. The van der Waals surface area contributed by atoms with Crippen molar-refractivity contribution >= 4 is 23.1 Å². The van der Waals surface area contributed by atoms with Crippen molar-refractivity contribution in [3.63, 3.8) is 0 Å². The molecule has 0 saturated carbocycles. The minimum absolute atomic E-state index is 0.232. The van der Waals surface area contributed by atoms with Gasteiger partial charge in [-0.2, -0.15) is 5.10 Å². The summed E-state index contributed by atoms with van der Waals surface area (Å²) < 4.78 is 1.79. The van der Waals surface area contributed by atoms with E-state index in [0.29, 0.717) is 5.56 Å². The van der Waals surface area contributed by atoms with Crippen molar-refractivity contribution in [1.29, 1.82) is 0 Å². The molecule has 0 aliphatic heterocycles. The van der Waals surface area contributed by atoms with Crippen LogP contribution in [-0.4, -0.2) is 22.0 Å². The molecule has 4 rings (SSSR count). The number of carboxylic acids is 1. The van der Waals surface area contributed by atoms with E-state index in [2.05, 4.69) is 23.3 Å². The Morgan fingerprint density at radius 3 is 2.38 bits per heavy atom. The highest BCUT2D eigenvalue weighted by molar-refractivity contribution is 5.99. The molecule has 0 aliphatic carbocycles. The van der Waals surface area contributed by atoms with Crippen molar-refractivity contribution in [1.82, 2.24) is 4.68 Å². The van der Waals surface area contributed by atoms with Crippen molar-refractivity contribution in [2.24, 2.45) is 5.10 Å². The van der Waals surface area contributed by atoms with E-state index in [0.717, 1.165) is 22.0 Å². The van der Waals surface area contributed by atoms with Gasteiger partial charge in [0.2, 0.25) is 0 Å². The first-order chi connectivity index (χ1) is 12.7. The van der Waals surface area contributed by atoms with E-state index in [1.165, 1.54) is 0 Å². The predicted octanol–water partition coefficient (Wildman–Crippen LogP) is 4.89. The van der Waals surface area contributed by atoms with Crippen LogP contribution in [0.4, 0.5) is 0 Å². The average molecular weight is 340 g/mol. The van der Waals surface area contributed by atoms with E-state index in [1.54, 1.807) is 35.2 Å². The van der Waals surface area contributed by atoms with Crippen LogP contribution in [0.2, 0.25) is 0 Å². The van der Waals surface area contributed by atoms with Gasteiger partial charge in [0.05, 0.1) is 17.3 Å². The first kappa shape index (κ1) is 15.8. The summed E-state index contributed by atoms with van der Waals surface area (Å²) in [6.07, 6.45) is 3.56. The molecule has 26 heavy (non-hydrogen) atoms. The Morgan fingerprint density at radius 2 is 1.58 bits per heavy atom. The highest BCUT2D eigenvalue weighted by Gasteiger charge is 2.10. The summed E-state index contributed by atoms with van der Waals surface area (Å²) in [5, 5.41) is 14.9. The lowest BCUT2D eigenvalue weighted by Gasteiger charge is -2.00. The van der Waals surface area contributed by atoms with Crippen molar-refractivity contribution in [2.75, 3.05) is 0 Å². The summed E-state index contributed by atoms with van der Waals surface area (Å²) in [6.45, 7) is 0. The first-order valence-corrected chi connectivity index (χ1v) is 8.26. The van der Waals surface area contributed by atoms with Gasteiger partial charge in [-0.1, -0.05) is 66.7 Å². The molecule has 0 fully saturated rings. The molecule has 0 atom stereocenters. The zero-order valence-electron chi connectivity index (χ0n) is 13.9. The zero-order chi connectivity index (χ0) is 17.9. The smallest absolute Gasteiger partial charge is 0.336 e. The molecule has 0 aliphatic rings. The van der Waals surface area contributed by atoms with Crippen molar-refractivity contribution in [3.05, 3.63) is 96.2 Å². The average Bonchev–Trinajstić information content (AvgIpc) is 3.06. The van der Waals surface area contributed by atoms with Gasteiger partial charge in [-0.15, -0.1) is 0 Å². The van der Waals surface area contributed by atoms with Gasteiger partial charge in [0, 0.05) is 22.7 Å². The number of aromatic carboxylic acids is 1. The predicted molar refractivity (Wildman–Crippen MR) is 104 cm³/mol. The molecular weight excluding hydrogens is 324 g/mol. The number of hydrogen-bond donors (Lipinski definition) is 1. The Kier molecular flexibility index (Phi) is 4.07. The van der Waals surface area contributed by atoms with Crippen LogP contribution in [0.25, 0.3) is 22.0 Å². The standard InChI is InChI=1S/C22H16N2O2/c25-22(26)18-11-5-4-10-17(18)14-23-24-15-20(16-8-2-1-3-9-16)19-12-6-7-13-21(19)24/h1-15H,(H,25,26)/b23-14+. The van der Waals surface area contributed by atoms with Crippen LogP contribution in [0.15, 0.2) is 90.2 Å². The summed E-state index contributed by atoms with van der Waals surface area (Å²) in [7, 11) is 0. The Hall–Kier alpha value is -3.66. The molecule has 0 spiro atoms. The molecule has 1 aromatic heterocycles. The third-order valence-electron chi connectivity index (χ3n) is 4.29. The maximum absolute atomic E-state index is 11.4. The molecule has 1 heterocycles.